The summed E-state index contributed by atoms with van der Waals surface area (Å²) in [4.78, 5) is 22.3. The fourth-order valence-electron chi connectivity index (χ4n) is 1.59. The lowest BCUT2D eigenvalue weighted by molar-refractivity contribution is 0.0772. The average molecular weight is 279 g/mol. The third-order valence-electron chi connectivity index (χ3n) is 2.65. The van der Waals surface area contributed by atoms with Crippen LogP contribution >= 0.6 is 11.3 Å². The van der Waals surface area contributed by atoms with Gasteiger partial charge in [-0.25, -0.2) is 9.97 Å². The minimum atomic E-state index is -0.200. The second-order valence-corrected chi connectivity index (χ2v) is 5.78. The van der Waals surface area contributed by atoms with Crippen molar-refractivity contribution in [3.8, 4) is 0 Å². The van der Waals surface area contributed by atoms with Crippen LogP contribution in [-0.2, 0) is 6.54 Å². The van der Waals surface area contributed by atoms with E-state index in [2.05, 4.69) is 20.2 Å². The molecule has 0 spiro atoms. The van der Waals surface area contributed by atoms with Crippen LogP contribution < -0.4 is 0 Å². The summed E-state index contributed by atoms with van der Waals surface area (Å²) in [6.07, 6.45) is 0. The van der Waals surface area contributed by atoms with Crippen LogP contribution in [0, 0.1) is 6.92 Å². The number of aryl methyl sites for hydroxylation is 1. The summed E-state index contributed by atoms with van der Waals surface area (Å²) in [5.74, 6) is 0.953. The second-order valence-electron chi connectivity index (χ2n) is 4.72. The molecule has 2 aromatic heterocycles. The molecular formula is C12H17N5OS. The lowest BCUT2D eigenvalue weighted by Crippen LogP contribution is -2.27. The summed E-state index contributed by atoms with van der Waals surface area (Å²) in [6.45, 7) is 6.40. The number of thiazole rings is 1. The topological polar surface area (TPSA) is 74.8 Å². The highest BCUT2D eigenvalue weighted by Gasteiger charge is 2.18. The molecule has 1 amide bonds. The van der Waals surface area contributed by atoms with E-state index in [-0.39, 0.29) is 17.6 Å². The first-order valence-corrected chi connectivity index (χ1v) is 6.94. The highest BCUT2D eigenvalue weighted by Crippen LogP contribution is 2.12. The van der Waals surface area contributed by atoms with Gasteiger partial charge in [0.05, 0.1) is 17.2 Å². The lowest BCUT2D eigenvalue weighted by Gasteiger charge is -2.13. The number of carbonyl (C=O) groups excluding carboxylic acids is 1. The van der Waals surface area contributed by atoms with Gasteiger partial charge in [0.2, 0.25) is 5.82 Å². The summed E-state index contributed by atoms with van der Waals surface area (Å²) in [7, 11) is 1.72. The van der Waals surface area contributed by atoms with Crippen molar-refractivity contribution in [2.24, 2.45) is 0 Å². The Hall–Kier alpha value is -1.76. The number of hydrogen-bond acceptors (Lipinski definition) is 5. The van der Waals surface area contributed by atoms with E-state index >= 15 is 0 Å². The molecule has 0 aliphatic rings. The zero-order chi connectivity index (χ0) is 14.0. The van der Waals surface area contributed by atoms with Crippen molar-refractivity contribution in [2.75, 3.05) is 7.05 Å². The molecule has 0 aromatic carbocycles. The second kappa shape index (κ2) is 5.48. The van der Waals surface area contributed by atoms with E-state index < -0.39 is 0 Å². The number of amides is 1. The Kier molecular flexibility index (Phi) is 3.94. The fourth-order valence-corrected chi connectivity index (χ4v) is 2.20. The maximum absolute atomic E-state index is 12.1. The van der Waals surface area contributed by atoms with Crippen molar-refractivity contribution in [3.63, 3.8) is 0 Å². The van der Waals surface area contributed by atoms with E-state index in [1.807, 2.05) is 26.2 Å². The summed E-state index contributed by atoms with van der Waals surface area (Å²) in [6, 6.07) is 0. The molecule has 0 unspecified atom stereocenters. The molecule has 19 heavy (non-hydrogen) atoms. The van der Waals surface area contributed by atoms with Gasteiger partial charge in [-0.1, -0.05) is 13.8 Å². The van der Waals surface area contributed by atoms with E-state index in [0.717, 1.165) is 16.5 Å². The first kappa shape index (κ1) is 13.7. The highest BCUT2D eigenvalue weighted by molar-refractivity contribution is 7.09. The van der Waals surface area contributed by atoms with Crippen molar-refractivity contribution >= 4 is 17.2 Å². The maximum atomic E-state index is 12.1. The summed E-state index contributed by atoms with van der Waals surface area (Å²) < 4.78 is 0. The van der Waals surface area contributed by atoms with Crippen LogP contribution in [0.4, 0.5) is 0 Å². The van der Waals surface area contributed by atoms with Gasteiger partial charge in [-0.15, -0.1) is 16.4 Å². The number of hydrogen-bond donors (Lipinski definition) is 1. The standard InChI is InChI=1S/C12H17N5OS/c1-7(2)10-14-11(16-15-10)12(18)17(4)5-9-6-19-8(3)13-9/h6-7H,5H2,1-4H3,(H,14,15,16). The Bertz CT molecular complexity index is 574. The predicted octanol–water partition coefficient (Wildman–Crippen LogP) is 1.97. The normalized spacial score (nSPS) is 11.0. The largest absolute Gasteiger partial charge is 0.333 e. The Morgan fingerprint density at radius 3 is 2.74 bits per heavy atom. The molecule has 0 fully saturated rings. The molecule has 0 atom stereocenters. The predicted molar refractivity (Wildman–Crippen MR) is 73.1 cm³/mol. The van der Waals surface area contributed by atoms with Crippen LogP contribution in [0.5, 0.6) is 0 Å². The van der Waals surface area contributed by atoms with E-state index in [9.17, 15) is 4.79 Å². The molecule has 0 aliphatic carbocycles. The van der Waals surface area contributed by atoms with Crippen LogP contribution in [0.1, 0.15) is 46.9 Å². The summed E-state index contributed by atoms with van der Waals surface area (Å²) in [5.41, 5.74) is 0.887. The monoisotopic (exact) mass is 279 g/mol. The SMILES string of the molecule is Cc1nc(CN(C)C(=O)c2n[nH]c(C(C)C)n2)cs1. The zero-order valence-electron chi connectivity index (χ0n) is 11.5. The molecule has 2 heterocycles. The number of H-pyrrole nitrogens is 1. The van der Waals surface area contributed by atoms with E-state index in [4.69, 9.17) is 0 Å². The molecule has 0 saturated carbocycles. The van der Waals surface area contributed by atoms with E-state index in [1.54, 1.807) is 23.3 Å². The first-order chi connectivity index (χ1) is 8.97. The van der Waals surface area contributed by atoms with Crippen LogP contribution in [0.2, 0.25) is 0 Å². The molecule has 2 rings (SSSR count). The summed E-state index contributed by atoms with van der Waals surface area (Å²) in [5, 5.41) is 9.70. The van der Waals surface area contributed by atoms with Gasteiger partial charge in [0.25, 0.3) is 5.91 Å². The average Bonchev–Trinajstić information content (AvgIpc) is 2.97. The van der Waals surface area contributed by atoms with Crippen molar-refractivity contribution < 1.29 is 4.79 Å². The number of nitrogens with zero attached hydrogens (tertiary/aromatic N) is 4. The quantitative estimate of drug-likeness (QED) is 0.928. The van der Waals surface area contributed by atoms with E-state index in [1.165, 1.54) is 0 Å². The molecule has 1 N–H and O–H groups in total. The number of nitrogens with one attached hydrogen (secondary N) is 1. The van der Waals surface area contributed by atoms with Crippen LogP contribution in [0.25, 0.3) is 0 Å². The molecule has 7 heteroatoms. The Labute approximate surface area is 115 Å². The third kappa shape index (κ3) is 3.17. The van der Waals surface area contributed by atoms with Gasteiger partial charge in [0.1, 0.15) is 5.82 Å². The van der Waals surface area contributed by atoms with Gasteiger partial charge in [0.15, 0.2) is 0 Å². The highest BCUT2D eigenvalue weighted by atomic mass is 32.1. The molecule has 0 radical (unpaired) electrons. The van der Waals surface area contributed by atoms with Crippen molar-refractivity contribution in [1.82, 2.24) is 25.1 Å². The van der Waals surface area contributed by atoms with Crippen LogP contribution in [0.15, 0.2) is 5.38 Å². The molecule has 0 aliphatic heterocycles. The van der Waals surface area contributed by atoms with Gasteiger partial charge in [-0.2, -0.15) is 0 Å². The van der Waals surface area contributed by atoms with Crippen molar-refractivity contribution in [2.45, 2.75) is 33.2 Å². The third-order valence-corrected chi connectivity index (χ3v) is 3.48. The van der Waals surface area contributed by atoms with Crippen LogP contribution in [-0.4, -0.2) is 38.0 Å². The minimum absolute atomic E-state index is 0.200. The van der Waals surface area contributed by atoms with Crippen LogP contribution in [0.3, 0.4) is 0 Å². The Morgan fingerprint density at radius 2 is 2.21 bits per heavy atom. The fraction of sp³-hybridized carbons (Fsp3) is 0.500. The molecule has 2 aromatic rings. The van der Waals surface area contributed by atoms with Gasteiger partial charge >= 0.3 is 0 Å². The van der Waals surface area contributed by atoms with Gasteiger partial charge in [0, 0.05) is 18.3 Å². The Morgan fingerprint density at radius 1 is 1.47 bits per heavy atom. The molecule has 0 saturated heterocycles. The zero-order valence-corrected chi connectivity index (χ0v) is 12.3. The Balaban J connectivity index is 2.05. The van der Waals surface area contributed by atoms with Crippen molar-refractivity contribution in [1.29, 1.82) is 0 Å². The molecular weight excluding hydrogens is 262 g/mol. The molecule has 6 nitrogen and oxygen atoms in total. The number of rotatable bonds is 4. The maximum Gasteiger partial charge on any atom is 0.293 e. The van der Waals surface area contributed by atoms with E-state index in [0.29, 0.717) is 6.54 Å². The number of carbonyl (C=O) groups is 1. The summed E-state index contributed by atoms with van der Waals surface area (Å²) >= 11 is 1.58. The van der Waals surface area contributed by atoms with Gasteiger partial charge in [-0.05, 0) is 6.92 Å². The minimum Gasteiger partial charge on any atom is -0.333 e. The smallest absolute Gasteiger partial charge is 0.293 e. The lowest BCUT2D eigenvalue weighted by atomic mass is 10.2. The first-order valence-electron chi connectivity index (χ1n) is 6.06. The molecule has 0 bridgehead atoms. The van der Waals surface area contributed by atoms with Gasteiger partial charge < -0.3 is 4.90 Å². The van der Waals surface area contributed by atoms with Crippen molar-refractivity contribution in [3.05, 3.63) is 27.7 Å². The number of aromatic amines is 1. The molecule has 102 valence electrons. The van der Waals surface area contributed by atoms with Gasteiger partial charge in [-0.3, -0.25) is 9.89 Å². The number of aromatic nitrogens is 4.